The summed E-state index contributed by atoms with van der Waals surface area (Å²) in [6, 6.07) is 7.60. The van der Waals surface area contributed by atoms with Crippen LogP contribution in [-0.4, -0.2) is 132 Å². The zero-order valence-electron chi connectivity index (χ0n) is 39.8. The molecule has 0 aromatic heterocycles. The van der Waals surface area contributed by atoms with E-state index in [-0.39, 0.29) is 23.0 Å². The molecule has 0 spiro atoms. The fourth-order valence-corrected chi connectivity index (χ4v) is 9.19. The molecule has 1 saturated heterocycles. The summed E-state index contributed by atoms with van der Waals surface area (Å²) in [4.78, 5) is 103. The lowest BCUT2D eigenvalue weighted by molar-refractivity contribution is -0.199. The second-order valence-electron chi connectivity index (χ2n) is 18.9. The summed E-state index contributed by atoms with van der Waals surface area (Å²) in [6.07, 6.45) is 0.580. The van der Waals surface area contributed by atoms with Crippen molar-refractivity contribution in [1.82, 2.24) is 37.2 Å². The first-order valence-corrected chi connectivity index (χ1v) is 23.2. The zero-order chi connectivity index (χ0) is 51.0. The highest BCUT2D eigenvalue weighted by molar-refractivity contribution is 6.47. The first kappa shape index (κ1) is 54.0. The predicted octanol–water partition coefficient (Wildman–Crippen LogP) is -2.30. The summed E-state index contributed by atoms with van der Waals surface area (Å²) >= 11 is 0. The van der Waals surface area contributed by atoms with Crippen LogP contribution in [0.1, 0.15) is 89.6 Å². The number of carbonyl (C=O) groups excluding carboxylic acids is 8. The standard InChI is InChI=1S/C46H67BN10O12/c1-7-8-9-25-10-12-26(13-11-25)27-14-16-28(17-15-27)39(63)54-31(22-58)41(65)52-23(2)38(62)51-21-35(61)55-36(24(3)59)42(66)56-37(49)43(67)53-30(20-34(48)60)40(64)57-44(50)47-68-33-19-29-18-32(45(29,4)5)46(33,6)69-47/h10-17,23-24,29-33,36-37,44,58-59H,7-9,18-22,49-50H2,1-6H3,(H2,48,60)(H,51,62)(H,52,65)(H,53,67)(H,54,63)(H,55,61)(H,56,66)(H,57,64). The lowest BCUT2D eigenvalue weighted by atomic mass is 9.43. The molecule has 2 bridgehead atoms. The molecule has 4 fully saturated rings. The molecule has 2 aromatic carbocycles. The highest BCUT2D eigenvalue weighted by atomic mass is 16.7. The molecule has 11 atom stereocenters. The van der Waals surface area contributed by atoms with Crippen LogP contribution in [0.25, 0.3) is 11.1 Å². The monoisotopic (exact) mass is 963 g/mol. The second-order valence-corrected chi connectivity index (χ2v) is 18.9. The molecule has 3 saturated carbocycles. The van der Waals surface area contributed by atoms with E-state index in [0.717, 1.165) is 50.2 Å². The molecule has 23 heteroatoms. The number of unbranched alkanes of at least 4 members (excludes halogenated alkanes) is 1. The normalized spacial score (nSPS) is 22.9. The van der Waals surface area contributed by atoms with Gasteiger partial charge in [-0.3, -0.25) is 38.4 Å². The number of benzene rings is 2. The number of aryl methyl sites for hydroxylation is 1. The molecule has 2 aromatic rings. The van der Waals surface area contributed by atoms with E-state index in [1.807, 2.05) is 19.1 Å². The maximum absolute atomic E-state index is 13.3. The molecule has 22 nitrogen and oxygen atoms in total. The number of amides is 8. The molecule has 1 heterocycles. The van der Waals surface area contributed by atoms with Gasteiger partial charge in [0.1, 0.15) is 30.2 Å². The highest BCUT2D eigenvalue weighted by Gasteiger charge is 2.68. The molecule has 69 heavy (non-hydrogen) atoms. The van der Waals surface area contributed by atoms with Crippen molar-refractivity contribution in [1.29, 1.82) is 0 Å². The van der Waals surface area contributed by atoms with E-state index < -0.39 is 122 Å². The Balaban J connectivity index is 1.05. The number of carbonyl (C=O) groups is 8. The molecular weight excluding hydrogens is 895 g/mol. The van der Waals surface area contributed by atoms with E-state index in [2.05, 4.69) is 70.1 Å². The minimum Gasteiger partial charge on any atom is -0.403 e. The summed E-state index contributed by atoms with van der Waals surface area (Å²) in [5.74, 6) is -6.88. The van der Waals surface area contributed by atoms with Crippen molar-refractivity contribution in [3.8, 4) is 11.1 Å². The number of nitrogens with one attached hydrogen (secondary N) is 7. The molecule has 1 aliphatic heterocycles. The van der Waals surface area contributed by atoms with Gasteiger partial charge in [0.15, 0.2) is 6.17 Å². The van der Waals surface area contributed by atoms with Gasteiger partial charge in [0, 0.05) is 5.56 Å². The molecule has 15 N–H and O–H groups in total. The smallest absolute Gasteiger partial charge is 0.403 e. The van der Waals surface area contributed by atoms with Crippen molar-refractivity contribution in [3.05, 3.63) is 59.7 Å². The van der Waals surface area contributed by atoms with E-state index in [0.29, 0.717) is 5.92 Å². The predicted molar refractivity (Wildman–Crippen MR) is 251 cm³/mol. The van der Waals surface area contributed by atoms with E-state index in [1.54, 1.807) is 24.3 Å². The minimum absolute atomic E-state index is 0.0517. The number of primary amides is 1. The lowest BCUT2D eigenvalue weighted by Crippen LogP contribution is -2.65. The van der Waals surface area contributed by atoms with Gasteiger partial charge in [-0.1, -0.05) is 63.6 Å². The van der Waals surface area contributed by atoms with E-state index in [9.17, 15) is 48.6 Å². The number of aliphatic hydroxyl groups excluding tert-OH is 2. The van der Waals surface area contributed by atoms with Crippen molar-refractivity contribution < 1.29 is 57.9 Å². The van der Waals surface area contributed by atoms with Gasteiger partial charge in [0.2, 0.25) is 35.4 Å². The Hall–Kier alpha value is -5.98. The Kier molecular flexibility index (Phi) is 18.1. The topological polar surface area (TPSA) is 358 Å². The Morgan fingerprint density at radius 3 is 1.99 bits per heavy atom. The Morgan fingerprint density at radius 1 is 0.783 bits per heavy atom. The van der Waals surface area contributed by atoms with Gasteiger partial charge in [0.05, 0.1) is 37.4 Å². The fraction of sp³-hybridized carbons (Fsp3) is 0.565. The van der Waals surface area contributed by atoms with Crippen LogP contribution in [0.4, 0.5) is 0 Å². The van der Waals surface area contributed by atoms with E-state index in [1.165, 1.54) is 12.5 Å². The van der Waals surface area contributed by atoms with Gasteiger partial charge < -0.3 is 73.9 Å². The molecule has 6 rings (SSSR count). The molecule has 8 amide bonds. The number of aliphatic hydroxyl groups is 2. The van der Waals surface area contributed by atoms with Crippen LogP contribution < -0.4 is 54.4 Å². The summed E-state index contributed by atoms with van der Waals surface area (Å²) in [5, 5.41) is 36.3. The maximum Gasteiger partial charge on any atom is 0.497 e. The average molecular weight is 963 g/mol. The van der Waals surface area contributed by atoms with Crippen molar-refractivity contribution in [3.63, 3.8) is 0 Å². The summed E-state index contributed by atoms with van der Waals surface area (Å²) in [7, 11) is -1.03. The number of hydrogen-bond acceptors (Lipinski definition) is 14. The quantitative estimate of drug-likeness (QED) is 0.0412. The van der Waals surface area contributed by atoms with Crippen molar-refractivity contribution >= 4 is 54.4 Å². The van der Waals surface area contributed by atoms with Crippen molar-refractivity contribution in [2.24, 2.45) is 34.5 Å². The molecule has 3 aliphatic carbocycles. The first-order chi connectivity index (χ1) is 32.5. The minimum atomic E-state index is -1.88. The SMILES string of the molecule is CCCCc1ccc(-c2ccc(C(=O)NC(CO)C(=O)NC(C)C(=O)NCC(=O)NC(C(=O)NC(N)C(=O)NC(CC(N)=O)C(=O)NC(N)B3OC4CC5CC(C5(C)C)C4(C)O3)C(C)O)cc2)cc1. The van der Waals surface area contributed by atoms with Gasteiger partial charge in [0.25, 0.3) is 11.8 Å². The van der Waals surface area contributed by atoms with Crippen LogP contribution in [0.15, 0.2) is 48.5 Å². The van der Waals surface area contributed by atoms with E-state index in [4.69, 9.17) is 26.5 Å². The third-order valence-corrected chi connectivity index (χ3v) is 13.5. The van der Waals surface area contributed by atoms with Crippen LogP contribution in [0.2, 0.25) is 0 Å². The summed E-state index contributed by atoms with van der Waals surface area (Å²) in [6.45, 7) is 9.36. The summed E-state index contributed by atoms with van der Waals surface area (Å²) in [5.41, 5.74) is 20.3. The Morgan fingerprint density at radius 2 is 1.41 bits per heavy atom. The molecule has 11 unspecified atom stereocenters. The molecule has 376 valence electrons. The molecule has 4 aliphatic rings. The number of hydrogen-bond donors (Lipinski definition) is 12. The molecular formula is C46H67BN10O12. The van der Waals surface area contributed by atoms with Crippen molar-refractivity contribution in [2.75, 3.05) is 13.2 Å². The van der Waals surface area contributed by atoms with Crippen LogP contribution in [0.3, 0.4) is 0 Å². The maximum atomic E-state index is 13.3. The van der Waals surface area contributed by atoms with Crippen molar-refractivity contribution in [2.45, 2.75) is 134 Å². The number of nitrogens with two attached hydrogens (primary N) is 3. The second kappa shape index (κ2) is 23.1. The Bertz CT molecular complexity index is 2220. The third-order valence-electron chi connectivity index (χ3n) is 13.5. The average Bonchev–Trinajstić information content (AvgIpc) is 3.68. The Labute approximate surface area is 401 Å². The fourth-order valence-electron chi connectivity index (χ4n) is 9.19. The van der Waals surface area contributed by atoms with Crippen LogP contribution >= 0.6 is 0 Å². The van der Waals surface area contributed by atoms with Crippen LogP contribution in [-0.2, 0) is 49.3 Å². The first-order valence-electron chi connectivity index (χ1n) is 23.2. The van der Waals surface area contributed by atoms with Crippen LogP contribution in [0, 0.1) is 17.3 Å². The van der Waals surface area contributed by atoms with Gasteiger partial charge in [-0.05, 0) is 92.5 Å². The summed E-state index contributed by atoms with van der Waals surface area (Å²) < 4.78 is 12.4. The van der Waals surface area contributed by atoms with Gasteiger partial charge in [-0.15, -0.1) is 0 Å². The van der Waals surface area contributed by atoms with Gasteiger partial charge in [-0.2, -0.15) is 0 Å². The van der Waals surface area contributed by atoms with E-state index >= 15 is 0 Å². The van der Waals surface area contributed by atoms with Gasteiger partial charge in [-0.25, -0.2) is 0 Å². The number of rotatable bonds is 23. The molecule has 0 radical (unpaired) electrons. The van der Waals surface area contributed by atoms with Crippen LogP contribution in [0.5, 0.6) is 0 Å². The largest absolute Gasteiger partial charge is 0.497 e. The lowest BCUT2D eigenvalue weighted by Gasteiger charge is -2.64. The zero-order valence-corrected chi connectivity index (χ0v) is 39.8. The van der Waals surface area contributed by atoms with Gasteiger partial charge >= 0.3 is 7.12 Å². The highest BCUT2D eigenvalue weighted by Crippen LogP contribution is 2.65. The third kappa shape index (κ3) is 13.2.